The normalized spacial score (nSPS) is 10.8. The SMILES string of the molecule is CCN(CCn1cc(N)cn1)CC(N)=O. The Balaban J connectivity index is 2.37. The molecule has 1 aromatic rings. The van der Waals surface area contributed by atoms with Crippen LogP contribution in [-0.4, -0.2) is 40.2 Å². The van der Waals surface area contributed by atoms with Gasteiger partial charge in [-0.15, -0.1) is 0 Å². The van der Waals surface area contributed by atoms with E-state index in [1.165, 1.54) is 0 Å². The van der Waals surface area contributed by atoms with Gasteiger partial charge in [0.25, 0.3) is 0 Å². The first kappa shape index (κ1) is 11.5. The fourth-order valence-corrected chi connectivity index (χ4v) is 1.32. The van der Waals surface area contributed by atoms with Crippen LogP contribution in [0.1, 0.15) is 6.92 Å². The van der Waals surface area contributed by atoms with E-state index in [1.807, 2.05) is 11.8 Å². The summed E-state index contributed by atoms with van der Waals surface area (Å²) in [6.07, 6.45) is 3.36. The largest absolute Gasteiger partial charge is 0.396 e. The van der Waals surface area contributed by atoms with Crippen molar-refractivity contribution < 1.29 is 4.79 Å². The van der Waals surface area contributed by atoms with Crippen LogP contribution in [0, 0.1) is 0 Å². The molecule has 0 atom stereocenters. The lowest BCUT2D eigenvalue weighted by molar-refractivity contribution is -0.119. The second-order valence-electron chi connectivity index (χ2n) is 3.37. The molecule has 0 aromatic carbocycles. The molecule has 1 amide bonds. The molecule has 4 N–H and O–H groups in total. The van der Waals surface area contributed by atoms with Gasteiger partial charge in [0.1, 0.15) is 0 Å². The smallest absolute Gasteiger partial charge is 0.231 e. The summed E-state index contributed by atoms with van der Waals surface area (Å²) in [4.78, 5) is 12.7. The summed E-state index contributed by atoms with van der Waals surface area (Å²) >= 11 is 0. The highest BCUT2D eigenvalue weighted by molar-refractivity contribution is 5.75. The van der Waals surface area contributed by atoms with Gasteiger partial charge in [-0.25, -0.2) is 0 Å². The number of anilines is 1. The Morgan fingerprint density at radius 2 is 2.40 bits per heavy atom. The Labute approximate surface area is 88.8 Å². The number of primary amides is 1. The Morgan fingerprint density at radius 3 is 2.87 bits per heavy atom. The van der Waals surface area contributed by atoms with Gasteiger partial charge in [0, 0.05) is 12.7 Å². The second-order valence-corrected chi connectivity index (χ2v) is 3.37. The molecule has 6 heteroatoms. The number of hydrogen-bond donors (Lipinski definition) is 2. The summed E-state index contributed by atoms with van der Waals surface area (Å²) in [5.41, 5.74) is 11.3. The lowest BCUT2D eigenvalue weighted by Gasteiger charge is -2.17. The summed E-state index contributed by atoms with van der Waals surface area (Å²) in [5.74, 6) is -0.308. The van der Waals surface area contributed by atoms with Crippen molar-refractivity contribution in [3.8, 4) is 0 Å². The summed E-state index contributed by atoms with van der Waals surface area (Å²) < 4.78 is 1.75. The molecule has 84 valence electrons. The Morgan fingerprint density at radius 1 is 1.67 bits per heavy atom. The van der Waals surface area contributed by atoms with Crippen LogP contribution in [0.2, 0.25) is 0 Å². The number of carbonyl (C=O) groups is 1. The maximum absolute atomic E-state index is 10.7. The molecule has 1 rings (SSSR count). The average Bonchev–Trinajstić information content (AvgIpc) is 2.58. The lowest BCUT2D eigenvalue weighted by Crippen LogP contribution is -2.35. The Hall–Kier alpha value is -1.56. The second kappa shape index (κ2) is 5.35. The van der Waals surface area contributed by atoms with Gasteiger partial charge in [0.2, 0.25) is 5.91 Å². The maximum atomic E-state index is 10.7. The van der Waals surface area contributed by atoms with Gasteiger partial charge in [-0.2, -0.15) is 5.10 Å². The van der Waals surface area contributed by atoms with Gasteiger partial charge in [-0.3, -0.25) is 14.4 Å². The average molecular weight is 211 g/mol. The first-order chi connectivity index (χ1) is 7.11. The first-order valence-electron chi connectivity index (χ1n) is 4.90. The van der Waals surface area contributed by atoms with Crippen LogP contribution < -0.4 is 11.5 Å². The topological polar surface area (TPSA) is 90.2 Å². The molecule has 0 fully saturated rings. The number of nitrogens with zero attached hydrogens (tertiary/aromatic N) is 3. The third-order valence-corrected chi connectivity index (χ3v) is 2.13. The maximum Gasteiger partial charge on any atom is 0.231 e. The summed E-state index contributed by atoms with van der Waals surface area (Å²) in [6, 6.07) is 0. The van der Waals surface area contributed by atoms with Crippen molar-refractivity contribution >= 4 is 11.6 Å². The van der Waals surface area contributed by atoms with Crippen LogP contribution in [0.15, 0.2) is 12.4 Å². The predicted molar refractivity (Wildman–Crippen MR) is 57.9 cm³/mol. The minimum absolute atomic E-state index is 0.285. The number of likely N-dealkylation sites (N-methyl/N-ethyl adjacent to an activating group) is 1. The number of hydrogen-bond acceptors (Lipinski definition) is 4. The number of carbonyl (C=O) groups excluding carboxylic acids is 1. The molecule has 0 aliphatic carbocycles. The third-order valence-electron chi connectivity index (χ3n) is 2.13. The van der Waals surface area contributed by atoms with Crippen molar-refractivity contribution in [3.05, 3.63) is 12.4 Å². The molecule has 0 radical (unpaired) electrons. The number of aromatic nitrogens is 2. The van der Waals surface area contributed by atoms with E-state index < -0.39 is 0 Å². The fourth-order valence-electron chi connectivity index (χ4n) is 1.32. The molecule has 1 heterocycles. The minimum Gasteiger partial charge on any atom is -0.396 e. The van der Waals surface area contributed by atoms with E-state index in [0.29, 0.717) is 12.2 Å². The highest BCUT2D eigenvalue weighted by atomic mass is 16.1. The van der Waals surface area contributed by atoms with E-state index in [-0.39, 0.29) is 12.5 Å². The van der Waals surface area contributed by atoms with Crippen LogP contribution in [-0.2, 0) is 11.3 Å². The summed E-state index contributed by atoms with van der Waals surface area (Å²) in [5, 5.41) is 4.05. The molecule has 0 bridgehead atoms. The third kappa shape index (κ3) is 3.99. The van der Waals surface area contributed by atoms with Gasteiger partial charge >= 0.3 is 0 Å². The Bertz CT molecular complexity index is 322. The highest BCUT2D eigenvalue weighted by Gasteiger charge is 2.05. The zero-order valence-corrected chi connectivity index (χ0v) is 8.89. The first-order valence-corrected chi connectivity index (χ1v) is 4.90. The molecule has 1 aromatic heterocycles. The van der Waals surface area contributed by atoms with E-state index in [0.717, 1.165) is 13.1 Å². The molecule has 6 nitrogen and oxygen atoms in total. The molecule has 0 saturated carbocycles. The standard InChI is InChI=1S/C9H17N5O/c1-2-13(7-9(11)15)3-4-14-6-8(10)5-12-14/h5-6H,2-4,7,10H2,1H3,(H2,11,15). The van der Waals surface area contributed by atoms with E-state index >= 15 is 0 Å². The monoisotopic (exact) mass is 211 g/mol. The molecule has 0 aliphatic heterocycles. The van der Waals surface area contributed by atoms with Crippen molar-refractivity contribution in [2.24, 2.45) is 5.73 Å². The lowest BCUT2D eigenvalue weighted by atomic mass is 10.4. The number of rotatable bonds is 6. The Kier molecular flexibility index (Phi) is 4.11. The predicted octanol–water partition coefficient (Wildman–Crippen LogP) is -0.727. The number of nitrogen functional groups attached to an aromatic ring is 1. The van der Waals surface area contributed by atoms with Crippen molar-refractivity contribution in [3.63, 3.8) is 0 Å². The van der Waals surface area contributed by atoms with Crippen molar-refractivity contribution in [1.29, 1.82) is 0 Å². The van der Waals surface area contributed by atoms with E-state index in [9.17, 15) is 4.79 Å². The quantitative estimate of drug-likeness (QED) is 0.649. The zero-order valence-electron chi connectivity index (χ0n) is 8.89. The number of nitrogens with two attached hydrogens (primary N) is 2. The molecule has 0 spiro atoms. The molecule has 0 aliphatic rings. The number of amides is 1. The molecule has 0 saturated heterocycles. The van der Waals surface area contributed by atoms with Crippen LogP contribution in [0.4, 0.5) is 5.69 Å². The highest BCUT2D eigenvalue weighted by Crippen LogP contribution is 1.98. The van der Waals surface area contributed by atoms with Crippen molar-refractivity contribution in [2.75, 3.05) is 25.4 Å². The summed E-state index contributed by atoms with van der Waals surface area (Å²) in [6.45, 7) is 4.51. The van der Waals surface area contributed by atoms with Crippen molar-refractivity contribution in [2.45, 2.75) is 13.5 Å². The molecular weight excluding hydrogens is 194 g/mol. The molecule has 0 unspecified atom stereocenters. The summed E-state index contributed by atoms with van der Waals surface area (Å²) in [7, 11) is 0. The van der Waals surface area contributed by atoms with Crippen LogP contribution in [0.3, 0.4) is 0 Å². The van der Waals surface area contributed by atoms with Crippen LogP contribution in [0.5, 0.6) is 0 Å². The van der Waals surface area contributed by atoms with E-state index in [1.54, 1.807) is 17.1 Å². The van der Waals surface area contributed by atoms with E-state index in [2.05, 4.69) is 5.10 Å². The molecule has 15 heavy (non-hydrogen) atoms. The van der Waals surface area contributed by atoms with Crippen molar-refractivity contribution in [1.82, 2.24) is 14.7 Å². The van der Waals surface area contributed by atoms with Gasteiger partial charge in [0.05, 0.1) is 25.0 Å². The van der Waals surface area contributed by atoms with Gasteiger partial charge < -0.3 is 11.5 Å². The van der Waals surface area contributed by atoms with Gasteiger partial charge in [0.15, 0.2) is 0 Å². The van der Waals surface area contributed by atoms with Gasteiger partial charge in [-0.05, 0) is 6.54 Å². The minimum atomic E-state index is -0.308. The molecular formula is C9H17N5O. The van der Waals surface area contributed by atoms with Gasteiger partial charge in [-0.1, -0.05) is 6.92 Å². The van der Waals surface area contributed by atoms with Crippen LogP contribution in [0.25, 0.3) is 0 Å². The van der Waals surface area contributed by atoms with Crippen LogP contribution >= 0.6 is 0 Å². The zero-order chi connectivity index (χ0) is 11.3. The fraction of sp³-hybridized carbons (Fsp3) is 0.556. The van der Waals surface area contributed by atoms with E-state index in [4.69, 9.17) is 11.5 Å².